The second-order valence-electron chi connectivity index (χ2n) is 10.8. The quantitative estimate of drug-likeness (QED) is 0.152. The molecular formula is C32H43N3O4S. The molecule has 0 aromatic heterocycles. The highest BCUT2D eigenvalue weighted by atomic mass is 32.1. The van der Waals surface area contributed by atoms with Crippen molar-refractivity contribution in [3.8, 4) is 12.3 Å². The molecule has 0 heterocycles. The maximum Gasteiger partial charge on any atom is 0.408 e. The first-order chi connectivity index (χ1) is 19.0. The highest BCUT2D eigenvalue weighted by Crippen LogP contribution is 2.28. The summed E-state index contributed by atoms with van der Waals surface area (Å²) in [7, 11) is 0. The maximum atomic E-state index is 14.1. The van der Waals surface area contributed by atoms with Crippen molar-refractivity contribution in [2.45, 2.75) is 84.4 Å². The van der Waals surface area contributed by atoms with Crippen LogP contribution < -0.4 is 10.6 Å². The number of hydrogen-bond donors (Lipinski definition) is 3. The molecular weight excluding hydrogens is 522 g/mol. The van der Waals surface area contributed by atoms with Crippen LogP contribution in [-0.4, -0.2) is 46.7 Å². The van der Waals surface area contributed by atoms with Gasteiger partial charge in [0, 0.05) is 23.5 Å². The van der Waals surface area contributed by atoms with Gasteiger partial charge in [0.05, 0.1) is 0 Å². The number of benzene rings is 2. The van der Waals surface area contributed by atoms with Crippen molar-refractivity contribution in [1.82, 2.24) is 10.2 Å². The lowest BCUT2D eigenvalue weighted by molar-refractivity contribution is -0.140. The Balaban J connectivity index is 2.53. The van der Waals surface area contributed by atoms with Crippen LogP contribution in [-0.2, 0) is 14.3 Å². The van der Waals surface area contributed by atoms with E-state index in [1.165, 1.54) is 4.90 Å². The summed E-state index contributed by atoms with van der Waals surface area (Å²) in [6.45, 7) is 9.57. The summed E-state index contributed by atoms with van der Waals surface area (Å²) in [5.41, 5.74) is 1.84. The average molecular weight is 566 g/mol. The minimum atomic E-state index is -1.03. The fourth-order valence-corrected chi connectivity index (χ4v) is 4.57. The molecule has 0 saturated heterocycles. The molecule has 2 N–H and O–H groups in total. The lowest BCUT2D eigenvalue weighted by Gasteiger charge is -2.35. The third-order valence-corrected chi connectivity index (χ3v) is 6.70. The van der Waals surface area contributed by atoms with Gasteiger partial charge in [-0.2, -0.15) is 12.6 Å². The molecule has 0 aliphatic rings. The van der Waals surface area contributed by atoms with E-state index in [1.54, 1.807) is 45.0 Å². The van der Waals surface area contributed by atoms with Crippen LogP contribution in [0.5, 0.6) is 0 Å². The summed E-state index contributed by atoms with van der Waals surface area (Å²) in [6, 6.07) is 12.5. The zero-order chi connectivity index (χ0) is 29.7. The van der Waals surface area contributed by atoms with Crippen LogP contribution in [0.1, 0.15) is 82.5 Å². The van der Waals surface area contributed by atoms with E-state index in [4.69, 9.17) is 11.2 Å². The van der Waals surface area contributed by atoms with Gasteiger partial charge in [-0.1, -0.05) is 74.9 Å². The van der Waals surface area contributed by atoms with E-state index in [2.05, 4.69) is 36.1 Å². The van der Waals surface area contributed by atoms with Gasteiger partial charge in [0.25, 0.3) is 5.91 Å². The number of carbonyl (C=O) groups is 3. The normalized spacial score (nSPS) is 12.5. The number of amides is 3. The third-order valence-electron chi connectivity index (χ3n) is 6.33. The first kappa shape index (κ1) is 32.8. The largest absolute Gasteiger partial charge is 0.444 e. The Bertz CT molecular complexity index is 1190. The van der Waals surface area contributed by atoms with Gasteiger partial charge < -0.3 is 20.3 Å². The Morgan fingerprint density at radius 2 is 1.68 bits per heavy atom. The number of aryl methyl sites for hydroxylation is 1. The minimum absolute atomic E-state index is 0.0212. The van der Waals surface area contributed by atoms with Crippen molar-refractivity contribution in [3.05, 3.63) is 65.2 Å². The Morgan fingerprint density at radius 1 is 1.02 bits per heavy atom. The molecule has 0 saturated carbocycles. The number of alkyl carbamates (subject to hydrolysis) is 1. The number of nitrogens with zero attached hydrogens (tertiary/aromatic N) is 1. The summed E-state index contributed by atoms with van der Waals surface area (Å²) in [4.78, 5) is 42.3. The zero-order valence-corrected chi connectivity index (χ0v) is 25.2. The molecule has 8 heteroatoms. The van der Waals surface area contributed by atoms with Gasteiger partial charge in [-0.3, -0.25) is 9.59 Å². The predicted octanol–water partition coefficient (Wildman–Crippen LogP) is 6.28. The van der Waals surface area contributed by atoms with E-state index < -0.39 is 35.6 Å². The standard InChI is InChI=1S/C32H43N3O4S/c1-7-9-10-11-16-21-35(30(37)27(22-40)34-31(38)39-32(4,5)6)28(25-19-14-13-18-24(25)8-2)29(36)33-26-20-15-12-17-23(26)3/h2,12-15,17-20,27-28,40H,7,9-11,16,21-22H2,1,3-6H3,(H,33,36)(H,34,38). The van der Waals surface area contributed by atoms with Crippen LogP contribution in [0.4, 0.5) is 10.5 Å². The summed E-state index contributed by atoms with van der Waals surface area (Å²) in [5.74, 6) is 1.85. The highest BCUT2D eigenvalue weighted by molar-refractivity contribution is 7.80. The number of para-hydroxylation sites is 1. The fraction of sp³-hybridized carbons (Fsp3) is 0.469. The van der Waals surface area contributed by atoms with Crippen LogP contribution in [0.3, 0.4) is 0 Å². The molecule has 2 aromatic carbocycles. The summed E-state index contributed by atoms with van der Waals surface area (Å²) in [6.07, 6.45) is 9.88. The van der Waals surface area contributed by atoms with Crippen LogP contribution >= 0.6 is 12.6 Å². The Labute approximate surface area is 244 Å². The second-order valence-corrected chi connectivity index (χ2v) is 11.1. The van der Waals surface area contributed by atoms with Gasteiger partial charge in [0.1, 0.15) is 17.7 Å². The molecule has 0 aliphatic carbocycles. The molecule has 2 atom stereocenters. The van der Waals surface area contributed by atoms with Gasteiger partial charge in [-0.05, 0) is 57.4 Å². The molecule has 3 amide bonds. The van der Waals surface area contributed by atoms with Gasteiger partial charge >= 0.3 is 6.09 Å². The first-order valence-electron chi connectivity index (χ1n) is 13.8. The summed E-state index contributed by atoms with van der Waals surface area (Å²) < 4.78 is 5.39. The van der Waals surface area contributed by atoms with E-state index in [0.717, 1.165) is 31.2 Å². The smallest absolute Gasteiger partial charge is 0.408 e. The number of unbranched alkanes of at least 4 members (excludes halogenated alkanes) is 4. The van der Waals surface area contributed by atoms with Crippen LogP contribution in [0.15, 0.2) is 48.5 Å². The molecule has 7 nitrogen and oxygen atoms in total. The predicted molar refractivity (Wildman–Crippen MR) is 164 cm³/mol. The van der Waals surface area contributed by atoms with E-state index in [-0.39, 0.29) is 5.75 Å². The van der Waals surface area contributed by atoms with E-state index in [1.807, 2.05) is 31.2 Å². The molecule has 0 aliphatic heterocycles. The average Bonchev–Trinajstić information content (AvgIpc) is 2.91. The first-order valence-corrected chi connectivity index (χ1v) is 14.5. The van der Waals surface area contributed by atoms with Crippen molar-refractivity contribution in [3.63, 3.8) is 0 Å². The second kappa shape index (κ2) is 16.0. The summed E-state index contributed by atoms with van der Waals surface area (Å²) in [5, 5.41) is 5.65. The number of nitrogens with one attached hydrogen (secondary N) is 2. The Kier molecular flexibility index (Phi) is 13.1. The SMILES string of the molecule is C#Cc1ccccc1C(C(=O)Nc1ccccc1C)N(CCCCCCC)C(=O)C(CS)NC(=O)OC(C)(C)C. The maximum absolute atomic E-state index is 14.1. The fourth-order valence-electron chi connectivity index (χ4n) is 4.32. The lowest BCUT2D eigenvalue weighted by atomic mass is 9.97. The van der Waals surface area contributed by atoms with Gasteiger partial charge in [-0.25, -0.2) is 4.79 Å². The van der Waals surface area contributed by atoms with Crippen LogP contribution in [0.2, 0.25) is 0 Å². The Hall–Kier alpha value is -3.44. The lowest BCUT2D eigenvalue weighted by Crippen LogP contribution is -2.53. The molecule has 2 aromatic rings. The van der Waals surface area contributed by atoms with E-state index >= 15 is 0 Å². The van der Waals surface area contributed by atoms with Crippen molar-refractivity contribution in [1.29, 1.82) is 0 Å². The zero-order valence-electron chi connectivity index (χ0n) is 24.3. The number of hydrogen-bond acceptors (Lipinski definition) is 5. The molecule has 0 bridgehead atoms. The molecule has 0 fully saturated rings. The number of thiol groups is 1. The van der Waals surface area contributed by atoms with Gasteiger partial charge in [0.15, 0.2) is 0 Å². The number of carbonyl (C=O) groups excluding carboxylic acids is 3. The minimum Gasteiger partial charge on any atom is -0.444 e. The molecule has 216 valence electrons. The monoisotopic (exact) mass is 565 g/mol. The molecule has 0 radical (unpaired) electrons. The van der Waals surface area contributed by atoms with Crippen molar-refractivity contribution in [2.24, 2.45) is 0 Å². The highest BCUT2D eigenvalue weighted by Gasteiger charge is 2.36. The van der Waals surface area contributed by atoms with Crippen molar-refractivity contribution in [2.75, 3.05) is 17.6 Å². The van der Waals surface area contributed by atoms with E-state index in [9.17, 15) is 14.4 Å². The molecule has 40 heavy (non-hydrogen) atoms. The number of anilines is 1. The van der Waals surface area contributed by atoms with E-state index in [0.29, 0.717) is 29.8 Å². The van der Waals surface area contributed by atoms with Crippen LogP contribution in [0.25, 0.3) is 0 Å². The van der Waals surface area contributed by atoms with Crippen molar-refractivity contribution >= 4 is 36.2 Å². The van der Waals surface area contributed by atoms with Crippen LogP contribution in [0, 0.1) is 19.3 Å². The van der Waals surface area contributed by atoms with Gasteiger partial charge in [-0.15, -0.1) is 6.42 Å². The summed E-state index contributed by atoms with van der Waals surface area (Å²) >= 11 is 4.36. The Morgan fingerprint density at radius 3 is 2.30 bits per heavy atom. The topological polar surface area (TPSA) is 87.7 Å². The number of terminal acetylenes is 1. The van der Waals surface area contributed by atoms with Crippen molar-refractivity contribution < 1.29 is 19.1 Å². The number of rotatable bonds is 13. The molecule has 2 unspecified atom stereocenters. The van der Waals surface area contributed by atoms with Gasteiger partial charge in [0.2, 0.25) is 5.91 Å². The molecule has 0 spiro atoms. The third kappa shape index (κ3) is 9.95. The number of ether oxygens (including phenoxy) is 1. The molecule has 2 rings (SSSR count).